The van der Waals surface area contributed by atoms with Gasteiger partial charge < -0.3 is 10.1 Å². The van der Waals surface area contributed by atoms with Crippen LogP contribution in [0.25, 0.3) is 6.08 Å². The molecule has 0 aliphatic heterocycles. The number of halogens is 3. The van der Waals surface area contributed by atoms with Crippen molar-refractivity contribution in [3.63, 3.8) is 0 Å². The van der Waals surface area contributed by atoms with E-state index in [0.29, 0.717) is 10.7 Å². The van der Waals surface area contributed by atoms with Crippen LogP contribution in [0.1, 0.15) is 5.56 Å². The van der Waals surface area contributed by atoms with Crippen LogP contribution in [0.5, 0.6) is 0 Å². The molecule has 0 aromatic heterocycles. The minimum Gasteiger partial charge on any atom is -0.452 e. The second-order valence-corrected chi connectivity index (χ2v) is 5.42. The number of anilines is 1. The van der Waals surface area contributed by atoms with E-state index >= 15 is 0 Å². The van der Waals surface area contributed by atoms with Crippen molar-refractivity contribution in [1.82, 2.24) is 0 Å². The molecule has 4 nitrogen and oxygen atoms in total. The van der Waals surface area contributed by atoms with Crippen LogP contribution in [-0.2, 0) is 14.3 Å². The standard InChI is InChI=1S/C17H12Cl2FNO3/c18-12-5-3-6-14(20)11(12)8-9-17(23)24-10-16(22)21-15-7-2-1-4-13(15)19/h1-9H,10H2,(H,21,22). The molecule has 124 valence electrons. The molecule has 7 heteroatoms. The summed E-state index contributed by atoms with van der Waals surface area (Å²) in [6, 6.07) is 10.8. The van der Waals surface area contributed by atoms with Crippen molar-refractivity contribution in [2.45, 2.75) is 0 Å². The Hall–Kier alpha value is -2.37. The van der Waals surface area contributed by atoms with Crippen molar-refractivity contribution in [3.05, 3.63) is 70.0 Å². The highest BCUT2D eigenvalue weighted by atomic mass is 35.5. The molecule has 0 saturated carbocycles. The van der Waals surface area contributed by atoms with Gasteiger partial charge in [0.1, 0.15) is 5.82 Å². The number of amides is 1. The number of nitrogens with one attached hydrogen (secondary N) is 1. The lowest BCUT2D eigenvalue weighted by molar-refractivity contribution is -0.142. The van der Waals surface area contributed by atoms with Gasteiger partial charge in [-0.2, -0.15) is 0 Å². The molecular formula is C17H12Cl2FNO3. The minimum absolute atomic E-state index is 0.0663. The van der Waals surface area contributed by atoms with Gasteiger partial charge in [-0.1, -0.05) is 41.4 Å². The molecule has 24 heavy (non-hydrogen) atoms. The normalized spacial score (nSPS) is 10.6. The molecule has 2 rings (SSSR count). The lowest BCUT2D eigenvalue weighted by Gasteiger charge is -2.06. The molecule has 2 aromatic rings. The Morgan fingerprint density at radius 1 is 1.08 bits per heavy atom. The molecule has 1 N–H and O–H groups in total. The molecule has 0 fully saturated rings. The third-order valence-corrected chi connectivity index (χ3v) is 3.54. The number of carbonyl (C=O) groups excluding carboxylic acids is 2. The Bertz CT molecular complexity index is 773. The summed E-state index contributed by atoms with van der Waals surface area (Å²) in [7, 11) is 0. The van der Waals surface area contributed by atoms with E-state index in [4.69, 9.17) is 27.9 Å². The van der Waals surface area contributed by atoms with Gasteiger partial charge in [-0.25, -0.2) is 9.18 Å². The highest BCUT2D eigenvalue weighted by Crippen LogP contribution is 2.21. The fourth-order valence-electron chi connectivity index (χ4n) is 1.75. The van der Waals surface area contributed by atoms with Crippen molar-refractivity contribution >= 4 is 46.8 Å². The van der Waals surface area contributed by atoms with Crippen LogP contribution in [0.4, 0.5) is 10.1 Å². The maximum Gasteiger partial charge on any atom is 0.331 e. The van der Waals surface area contributed by atoms with Crippen molar-refractivity contribution in [3.8, 4) is 0 Å². The summed E-state index contributed by atoms with van der Waals surface area (Å²) in [6.45, 7) is -0.501. The molecule has 0 radical (unpaired) electrons. The SMILES string of the molecule is O=C(COC(=O)C=Cc1c(F)cccc1Cl)Nc1ccccc1Cl. The Morgan fingerprint density at radius 3 is 2.50 bits per heavy atom. The monoisotopic (exact) mass is 367 g/mol. The Kier molecular flexibility index (Phi) is 6.35. The average Bonchev–Trinajstić information content (AvgIpc) is 2.54. The second kappa shape index (κ2) is 8.47. The van der Waals surface area contributed by atoms with E-state index in [1.54, 1.807) is 24.3 Å². The van der Waals surface area contributed by atoms with Gasteiger partial charge in [0, 0.05) is 11.6 Å². The van der Waals surface area contributed by atoms with Crippen molar-refractivity contribution < 1.29 is 18.7 Å². The number of ether oxygens (including phenoxy) is 1. The zero-order valence-corrected chi connectivity index (χ0v) is 13.8. The first-order valence-corrected chi connectivity index (χ1v) is 7.56. The molecule has 0 spiro atoms. The molecule has 1 amide bonds. The van der Waals surface area contributed by atoms with Gasteiger partial charge in [0.2, 0.25) is 0 Å². The van der Waals surface area contributed by atoms with Gasteiger partial charge in [-0.3, -0.25) is 4.79 Å². The quantitative estimate of drug-likeness (QED) is 0.632. The van der Waals surface area contributed by atoms with Gasteiger partial charge in [0.15, 0.2) is 6.61 Å². The lowest BCUT2D eigenvalue weighted by Crippen LogP contribution is -2.20. The first-order chi connectivity index (χ1) is 11.5. The minimum atomic E-state index is -0.802. The zero-order chi connectivity index (χ0) is 17.5. The molecule has 0 aliphatic rings. The van der Waals surface area contributed by atoms with Crippen LogP contribution in [0.15, 0.2) is 48.5 Å². The van der Waals surface area contributed by atoms with Crippen molar-refractivity contribution in [2.75, 3.05) is 11.9 Å². The molecule has 0 aliphatic carbocycles. The van der Waals surface area contributed by atoms with E-state index in [1.807, 2.05) is 0 Å². The molecule has 2 aromatic carbocycles. The van der Waals surface area contributed by atoms with E-state index in [-0.39, 0.29) is 10.6 Å². The fourth-order valence-corrected chi connectivity index (χ4v) is 2.16. The van der Waals surface area contributed by atoms with E-state index in [1.165, 1.54) is 24.3 Å². The maximum absolute atomic E-state index is 13.5. The summed E-state index contributed by atoms with van der Waals surface area (Å²) in [5, 5.41) is 3.03. The predicted molar refractivity (Wildman–Crippen MR) is 91.5 cm³/mol. The third-order valence-electron chi connectivity index (χ3n) is 2.88. The van der Waals surface area contributed by atoms with E-state index in [9.17, 15) is 14.0 Å². The van der Waals surface area contributed by atoms with Crippen LogP contribution in [-0.4, -0.2) is 18.5 Å². The Balaban J connectivity index is 1.88. The molecular weight excluding hydrogens is 356 g/mol. The summed E-state index contributed by atoms with van der Waals surface area (Å²) in [4.78, 5) is 23.3. The summed E-state index contributed by atoms with van der Waals surface area (Å²) in [5.41, 5.74) is 0.477. The number of para-hydroxylation sites is 1. The smallest absolute Gasteiger partial charge is 0.331 e. The lowest BCUT2D eigenvalue weighted by atomic mass is 10.2. The number of hydrogen-bond donors (Lipinski definition) is 1. The number of benzene rings is 2. The van der Waals surface area contributed by atoms with Gasteiger partial charge in [0.25, 0.3) is 5.91 Å². The van der Waals surface area contributed by atoms with Crippen molar-refractivity contribution in [1.29, 1.82) is 0 Å². The fraction of sp³-hybridized carbons (Fsp3) is 0.0588. The number of rotatable bonds is 5. The highest BCUT2D eigenvalue weighted by molar-refractivity contribution is 6.33. The molecule has 0 bridgehead atoms. The summed E-state index contributed by atoms with van der Waals surface area (Å²) < 4.78 is 18.3. The largest absolute Gasteiger partial charge is 0.452 e. The van der Waals surface area contributed by atoms with Crippen molar-refractivity contribution in [2.24, 2.45) is 0 Å². The average molecular weight is 368 g/mol. The summed E-state index contributed by atoms with van der Waals surface area (Å²) in [6.07, 6.45) is 2.18. The summed E-state index contributed by atoms with van der Waals surface area (Å²) >= 11 is 11.7. The van der Waals surface area contributed by atoms with Gasteiger partial charge >= 0.3 is 5.97 Å². The molecule has 0 saturated heterocycles. The summed E-state index contributed by atoms with van der Waals surface area (Å²) in [5.74, 6) is -1.92. The number of hydrogen-bond acceptors (Lipinski definition) is 3. The van der Waals surface area contributed by atoms with Crippen LogP contribution in [0.2, 0.25) is 10.0 Å². The zero-order valence-electron chi connectivity index (χ0n) is 12.3. The van der Waals surface area contributed by atoms with Gasteiger partial charge in [0.05, 0.1) is 15.7 Å². The molecule has 0 heterocycles. The Morgan fingerprint density at radius 2 is 1.79 bits per heavy atom. The van der Waals surface area contributed by atoms with Gasteiger partial charge in [-0.15, -0.1) is 0 Å². The first kappa shape index (κ1) is 18.0. The molecule has 0 atom stereocenters. The second-order valence-electron chi connectivity index (χ2n) is 4.60. The highest BCUT2D eigenvalue weighted by Gasteiger charge is 2.08. The number of carbonyl (C=O) groups is 2. The van der Waals surface area contributed by atoms with Crippen LogP contribution in [0.3, 0.4) is 0 Å². The first-order valence-electron chi connectivity index (χ1n) is 6.80. The molecule has 0 unspecified atom stereocenters. The maximum atomic E-state index is 13.5. The third kappa shape index (κ3) is 5.08. The van der Waals surface area contributed by atoms with E-state index in [0.717, 1.165) is 6.08 Å². The topological polar surface area (TPSA) is 55.4 Å². The number of esters is 1. The predicted octanol–water partition coefficient (Wildman–Crippen LogP) is 4.33. The van der Waals surface area contributed by atoms with E-state index in [2.05, 4.69) is 5.32 Å². The van der Waals surface area contributed by atoms with Crippen LogP contribution in [0, 0.1) is 5.82 Å². The van der Waals surface area contributed by atoms with Crippen LogP contribution < -0.4 is 5.32 Å². The van der Waals surface area contributed by atoms with Gasteiger partial charge in [-0.05, 0) is 30.3 Å². The van der Waals surface area contributed by atoms with Crippen LogP contribution >= 0.6 is 23.2 Å². The Labute approximate surface area is 147 Å². The van der Waals surface area contributed by atoms with E-state index < -0.39 is 24.3 Å².